The summed E-state index contributed by atoms with van der Waals surface area (Å²) in [6.45, 7) is 2.04. The molecule has 1 aromatic heterocycles. The molecule has 0 aliphatic heterocycles. The number of nitrogens with zero attached hydrogens (tertiary/aromatic N) is 1. The second-order valence-electron chi connectivity index (χ2n) is 5.12. The molecule has 23 heavy (non-hydrogen) atoms. The summed E-state index contributed by atoms with van der Waals surface area (Å²) in [5.41, 5.74) is 1.74. The molecule has 0 radical (unpaired) electrons. The van der Waals surface area contributed by atoms with E-state index in [9.17, 15) is 9.59 Å². The number of rotatable bonds is 2. The Kier molecular flexibility index (Phi) is 4.28. The van der Waals surface area contributed by atoms with Crippen LogP contribution in [-0.2, 0) is 6.42 Å². The molecule has 0 bridgehead atoms. The van der Waals surface area contributed by atoms with Crippen molar-refractivity contribution < 1.29 is 4.79 Å². The van der Waals surface area contributed by atoms with Crippen LogP contribution in [0.3, 0.4) is 0 Å². The lowest BCUT2D eigenvalue weighted by Gasteiger charge is -2.08. The van der Waals surface area contributed by atoms with E-state index >= 15 is 0 Å². The summed E-state index contributed by atoms with van der Waals surface area (Å²) in [5, 5.41) is 0.409. The molecule has 0 atom stereocenters. The summed E-state index contributed by atoms with van der Waals surface area (Å²) in [5.74, 6) is -0.430. The van der Waals surface area contributed by atoms with Gasteiger partial charge in [-0.15, -0.1) is 0 Å². The molecule has 3 rings (SSSR count). The van der Waals surface area contributed by atoms with Crippen LogP contribution >= 0.6 is 28.1 Å². The highest BCUT2D eigenvalue weighted by Gasteiger charge is 2.14. The van der Waals surface area contributed by atoms with Gasteiger partial charge in [-0.1, -0.05) is 35.0 Å². The Hall–Kier alpha value is -2.05. The second kappa shape index (κ2) is 6.22. The Morgan fingerprint density at radius 2 is 1.91 bits per heavy atom. The predicted molar refractivity (Wildman–Crippen MR) is 96.6 cm³/mol. The van der Waals surface area contributed by atoms with Crippen LogP contribution in [0.15, 0.2) is 51.7 Å². The maximum atomic E-state index is 12.7. The number of halogens is 1. The molecule has 0 aliphatic rings. The van der Waals surface area contributed by atoms with Crippen molar-refractivity contribution in [2.24, 2.45) is 0 Å². The topological polar surface area (TPSA) is 54.9 Å². The van der Waals surface area contributed by atoms with Gasteiger partial charge in [-0.2, -0.15) is 0 Å². The van der Waals surface area contributed by atoms with Crippen LogP contribution in [0, 0.1) is 4.77 Å². The Balaban J connectivity index is 2.20. The van der Waals surface area contributed by atoms with Crippen molar-refractivity contribution in [3.8, 4) is 0 Å². The lowest BCUT2D eigenvalue weighted by molar-refractivity contribution is 0.0953. The average molecular weight is 389 g/mol. The number of carbonyl (C=O) groups excluding carboxylic acids is 1. The number of fused-ring (bicyclic) bond motifs is 1. The summed E-state index contributed by atoms with van der Waals surface area (Å²) in [4.78, 5) is 28.3. The fourth-order valence-electron chi connectivity index (χ4n) is 2.38. The average Bonchev–Trinajstić information content (AvgIpc) is 2.55. The Morgan fingerprint density at radius 3 is 2.57 bits per heavy atom. The smallest absolute Gasteiger partial charge is 0.269 e. The van der Waals surface area contributed by atoms with E-state index in [0.717, 1.165) is 21.0 Å². The number of carbonyl (C=O) groups is 1. The highest BCUT2D eigenvalue weighted by Crippen LogP contribution is 2.16. The maximum absolute atomic E-state index is 12.7. The SMILES string of the molecule is CCc1ccc(C(=O)n2c(=S)[nH]c3ccc(Br)cc3c2=O)cc1. The molecule has 0 unspecified atom stereocenters. The molecule has 0 saturated carbocycles. The van der Waals surface area contributed by atoms with Crippen molar-refractivity contribution in [1.29, 1.82) is 0 Å². The molecular formula is C17H13BrN2O2S. The molecule has 3 aromatic rings. The van der Waals surface area contributed by atoms with E-state index in [1.54, 1.807) is 24.3 Å². The van der Waals surface area contributed by atoms with E-state index in [1.807, 2.05) is 25.1 Å². The number of benzene rings is 2. The molecule has 4 nitrogen and oxygen atoms in total. The first-order valence-electron chi connectivity index (χ1n) is 7.09. The van der Waals surface area contributed by atoms with Crippen molar-refractivity contribution in [1.82, 2.24) is 9.55 Å². The van der Waals surface area contributed by atoms with Crippen molar-refractivity contribution >= 4 is 45.0 Å². The minimum Gasteiger partial charge on any atom is -0.331 e. The Morgan fingerprint density at radius 1 is 1.22 bits per heavy atom. The van der Waals surface area contributed by atoms with Gasteiger partial charge in [0, 0.05) is 10.0 Å². The molecule has 2 aromatic carbocycles. The Labute approximate surface area is 145 Å². The lowest BCUT2D eigenvalue weighted by Crippen LogP contribution is -2.29. The summed E-state index contributed by atoms with van der Waals surface area (Å²) in [7, 11) is 0. The van der Waals surface area contributed by atoms with Crippen molar-refractivity contribution in [3.63, 3.8) is 0 Å². The van der Waals surface area contributed by atoms with Crippen molar-refractivity contribution in [2.75, 3.05) is 0 Å². The normalized spacial score (nSPS) is 10.9. The molecule has 0 fully saturated rings. The highest BCUT2D eigenvalue weighted by atomic mass is 79.9. The van der Waals surface area contributed by atoms with E-state index in [4.69, 9.17) is 12.2 Å². The van der Waals surface area contributed by atoms with E-state index in [2.05, 4.69) is 20.9 Å². The first-order chi connectivity index (χ1) is 11.0. The van der Waals surface area contributed by atoms with E-state index in [1.165, 1.54) is 0 Å². The predicted octanol–water partition coefficient (Wildman–Crippen LogP) is 4.07. The monoisotopic (exact) mass is 388 g/mol. The van der Waals surface area contributed by atoms with Crippen LogP contribution in [0.5, 0.6) is 0 Å². The minimum absolute atomic E-state index is 0.0920. The van der Waals surface area contributed by atoms with Gasteiger partial charge in [0.1, 0.15) is 0 Å². The third kappa shape index (κ3) is 2.92. The quantitative estimate of drug-likeness (QED) is 0.673. The minimum atomic E-state index is -0.430. The van der Waals surface area contributed by atoms with Crippen LogP contribution in [0.2, 0.25) is 0 Å². The zero-order valence-electron chi connectivity index (χ0n) is 12.3. The molecule has 0 saturated heterocycles. The zero-order chi connectivity index (χ0) is 16.6. The summed E-state index contributed by atoms with van der Waals surface area (Å²) >= 11 is 8.53. The molecular weight excluding hydrogens is 376 g/mol. The zero-order valence-corrected chi connectivity index (χ0v) is 14.7. The first kappa shape index (κ1) is 15.8. The van der Waals surface area contributed by atoms with Crippen LogP contribution < -0.4 is 5.56 Å². The number of aromatic amines is 1. The van der Waals surface area contributed by atoms with Gasteiger partial charge in [0.15, 0.2) is 4.77 Å². The number of H-pyrrole nitrogens is 1. The third-order valence-corrected chi connectivity index (χ3v) is 4.45. The van der Waals surface area contributed by atoms with E-state index in [0.29, 0.717) is 16.5 Å². The fourth-order valence-corrected chi connectivity index (χ4v) is 3.02. The van der Waals surface area contributed by atoms with Crippen LogP contribution in [0.1, 0.15) is 22.8 Å². The van der Waals surface area contributed by atoms with Gasteiger partial charge in [0.05, 0.1) is 10.9 Å². The number of nitrogens with one attached hydrogen (secondary N) is 1. The second-order valence-corrected chi connectivity index (χ2v) is 6.42. The largest absolute Gasteiger partial charge is 0.331 e. The number of aromatic nitrogens is 2. The molecule has 1 N–H and O–H groups in total. The van der Waals surface area contributed by atoms with Gasteiger partial charge in [-0.3, -0.25) is 9.59 Å². The maximum Gasteiger partial charge on any atom is 0.269 e. The number of aryl methyl sites for hydroxylation is 1. The van der Waals surface area contributed by atoms with Gasteiger partial charge < -0.3 is 4.98 Å². The van der Waals surface area contributed by atoms with Gasteiger partial charge >= 0.3 is 0 Å². The van der Waals surface area contributed by atoms with E-state index < -0.39 is 11.5 Å². The number of hydrogen-bond acceptors (Lipinski definition) is 3. The molecule has 0 spiro atoms. The molecule has 116 valence electrons. The molecule has 0 aliphatic carbocycles. The first-order valence-corrected chi connectivity index (χ1v) is 8.29. The van der Waals surface area contributed by atoms with Crippen molar-refractivity contribution in [2.45, 2.75) is 13.3 Å². The lowest BCUT2D eigenvalue weighted by atomic mass is 10.1. The molecule has 0 amide bonds. The van der Waals surface area contributed by atoms with Crippen LogP contribution in [0.4, 0.5) is 0 Å². The number of hydrogen-bond donors (Lipinski definition) is 1. The van der Waals surface area contributed by atoms with Crippen molar-refractivity contribution in [3.05, 3.63) is 73.2 Å². The van der Waals surface area contributed by atoms with E-state index in [-0.39, 0.29) is 4.77 Å². The summed E-state index contributed by atoms with van der Waals surface area (Å²) in [6.07, 6.45) is 0.887. The van der Waals surface area contributed by atoms with Gasteiger partial charge in [-0.05, 0) is 54.5 Å². The fraction of sp³-hybridized carbons (Fsp3) is 0.118. The van der Waals surface area contributed by atoms with Crippen LogP contribution in [0.25, 0.3) is 10.9 Å². The Bertz CT molecular complexity index is 1020. The summed E-state index contributed by atoms with van der Waals surface area (Å²) < 4.78 is 1.86. The third-order valence-electron chi connectivity index (χ3n) is 3.67. The molecule has 1 heterocycles. The summed E-state index contributed by atoms with van der Waals surface area (Å²) in [6, 6.07) is 12.4. The molecule has 6 heteroatoms. The van der Waals surface area contributed by atoms with Gasteiger partial charge in [-0.25, -0.2) is 4.57 Å². The van der Waals surface area contributed by atoms with Crippen LogP contribution in [-0.4, -0.2) is 15.5 Å². The highest BCUT2D eigenvalue weighted by molar-refractivity contribution is 9.10. The van der Waals surface area contributed by atoms with Gasteiger partial charge in [0.25, 0.3) is 11.5 Å². The van der Waals surface area contributed by atoms with Gasteiger partial charge in [0.2, 0.25) is 0 Å². The standard InChI is InChI=1S/C17H13BrN2O2S/c1-2-10-3-5-11(6-4-10)15(21)20-16(22)13-9-12(18)7-8-14(13)19-17(20)23/h3-9H,2H2,1H3,(H,19,23).